The zero-order valence-corrected chi connectivity index (χ0v) is 8.26. The van der Waals surface area contributed by atoms with Crippen molar-refractivity contribution in [2.24, 2.45) is 0 Å². The molecule has 1 amide bonds. The van der Waals surface area contributed by atoms with Crippen molar-refractivity contribution in [2.75, 3.05) is 12.3 Å². The molecule has 5 heteroatoms. The molecule has 82 valence electrons. The molecule has 0 bridgehead atoms. The van der Waals surface area contributed by atoms with E-state index in [1.165, 1.54) is 6.07 Å². The van der Waals surface area contributed by atoms with E-state index in [2.05, 4.69) is 5.32 Å². The quantitative estimate of drug-likeness (QED) is 0.750. The van der Waals surface area contributed by atoms with E-state index in [0.29, 0.717) is 11.3 Å². The summed E-state index contributed by atoms with van der Waals surface area (Å²) in [6.45, 7) is 1.16. The van der Waals surface area contributed by atoms with E-state index in [0.717, 1.165) is 5.56 Å². The maximum absolute atomic E-state index is 11.8. The number of hydrogen-bond donors (Lipinski definition) is 2. The van der Waals surface area contributed by atoms with Crippen LogP contribution in [0.5, 0.6) is 0 Å². The fraction of sp³-hybridized carbons (Fsp3) is 0.300. The van der Waals surface area contributed by atoms with Gasteiger partial charge in [-0.05, 0) is 24.6 Å². The predicted octanol–water partition coefficient (Wildman–Crippen LogP) is 1.57. The van der Waals surface area contributed by atoms with Crippen LogP contribution < -0.4 is 11.1 Å². The van der Waals surface area contributed by atoms with Gasteiger partial charge in [0.2, 0.25) is 0 Å². The van der Waals surface area contributed by atoms with Gasteiger partial charge in [-0.25, -0.2) is 8.78 Å². The number of anilines is 1. The first-order valence-electron chi connectivity index (χ1n) is 4.43. The van der Waals surface area contributed by atoms with E-state index < -0.39 is 18.9 Å². The van der Waals surface area contributed by atoms with Gasteiger partial charge in [-0.2, -0.15) is 0 Å². The van der Waals surface area contributed by atoms with Gasteiger partial charge < -0.3 is 11.1 Å². The molecule has 1 aromatic carbocycles. The van der Waals surface area contributed by atoms with Gasteiger partial charge in [0.1, 0.15) is 0 Å². The van der Waals surface area contributed by atoms with Crippen molar-refractivity contribution in [3.63, 3.8) is 0 Å². The summed E-state index contributed by atoms with van der Waals surface area (Å²) in [5, 5.41) is 2.10. The van der Waals surface area contributed by atoms with E-state index in [-0.39, 0.29) is 0 Å². The summed E-state index contributed by atoms with van der Waals surface area (Å²) in [6, 6.07) is 4.69. The zero-order valence-electron chi connectivity index (χ0n) is 8.26. The number of nitrogen functional groups attached to an aromatic ring is 1. The van der Waals surface area contributed by atoms with Crippen molar-refractivity contribution in [1.29, 1.82) is 0 Å². The monoisotopic (exact) mass is 214 g/mol. The van der Waals surface area contributed by atoms with Gasteiger partial charge in [0.25, 0.3) is 12.3 Å². The molecule has 0 aliphatic carbocycles. The summed E-state index contributed by atoms with van der Waals surface area (Å²) in [4.78, 5) is 11.3. The van der Waals surface area contributed by atoms with Crippen LogP contribution in [-0.2, 0) is 0 Å². The minimum Gasteiger partial charge on any atom is -0.398 e. The second kappa shape index (κ2) is 4.72. The van der Waals surface area contributed by atoms with Gasteiger partial charge in [-0.15, -0.1) is 0 Å². The van der Waals surface area contributed by atoms with Gasteiger partial charge in [-0.1, -0.05) is 6.07 Å². The van der Waals surface area contributed by atoms with E-state index in [1.54, 1.807) is 19.1 Å². The van der Waals surface area contributed by atoms with E-state index >= 15 is 0 Å². The van der Waals surface area contributed by atoms with Crippen LogP contribution in [-0.4, -0.2) is 18.9 Å². The average Bonchev–Trinajstić information content (AvgIpc) is 2.18. The molecule has 0 aliphatic heterocycles. The smallest absolute Gasteiger partial charge is 0.255 e. The molecular formula is C10H12F2N2O. The highest BCUT2D eigenvalue weighted by Gasteiger charge is 2.09. The van der Waals surface area contributed by atoms with Crippen molar-refractivity contribution in [3.05, 3.63) is 29.3 Å². The lowest BCUT2D eigenvalue weighted by atomic mass is 10.1. The Labute approximate surface area is 86.3 Å². The third-order valence-corrected chi connectivity index (χ3v) is 1.96. The normalized spacial score (nSPS) is 10.4. The predicted molar refractivity (Wildman–Crippen MR) is 53.9 cm³/mol. The summed E-state index contributed by atoms with van der Waals surface area (Å²) in [6.07, 6.45) is -2.54. The fourth-order valence-corrected chi connectivity index (χ4v) is 1.05. The molecule has 0 aromatic heterocycles. The summed E-state index contributed by atoms with van der Waals surface area (Å²) in [5.74, 6) is -0.540. The number of amides is 1. The van der Waals surface area contributed by atoms with Crippen LogP contribution in [0.3, 0.4) is 0 Å². The van der Waals surface area contributed by atoms with E-state index in [9.17, 15) is 13.6 Å². The molecule has 0 aliphatic rings. The van der Waals surface area contributed by atoms with Crippen molar-refractivity contribution < 1.29 is 13.6 Å². The lowest BCUT2D eigenvalue weighted by molar-refractivity contribution is 0.0892. The SMILES string of the molecule is Cc1ccc(C(=O)NCC(F)F)cc1N. The molecule has 0 fully saturated rings. The van der Waals surface area contributed by atoms with Crippen molar-refractivity contribution in [3.8, 4) is 0 Å². The Hall–Kier alpha value is -1.65. The van der Waals surface area contributed by atoms with Crippen molar-refractivity contribution in [1.82, 2.24) is 5.32 Å². The van der Waals surface area contributed by atoms with Gasteiger partial charge >= 0.3 is 0 Å². The van der Waals surface area contributed by atoms with Crippen LogP contribution in [0, 0.1) is 6.92 Å². The van der Waals surface area contributed by atoms with E-state index in [4.69, 9.17) is 5.73 Å². The molecule has 15 heavy (non-hydrogen) atoms. The van der Waals surface area contributed by atoms with Crippen LogP contribution in [0.1, 0.15) is 15.9 Å². The first-order chi connectivity index (χ1) is 7.00. The molecule has 0 unspecified atom stereocenters. The minimum atomic E-state index is -2.54. The van der Waals surface area contributed by atoms with Gasteiger partial charge in [0, 0.05) is 11.3 Å². The van der Waals surface area contributed by atoms with Crippen molar-refractivity contribution >= 4 is 11.6 Å². The number of rotatable bonds is 3. The number of halogens is 2. The number of carbonyl (C=O) groups excluding carboxylic acids is 1. The van der Waals surface area contributed by atoms with Gasteiger partial charge in [0.05, 0.1) is 6.54 Å². The maximum Gasteiger partial charge on any atom is 0.255 e. The number of benzene rings is 1. The first-order valence-corrected chi connectivity index (χ1v) is 4.43. The van der Waals surface area contributed by atoms with Crippen LogP contribution in [0.25, 0.3) is 0 Å². The molecule has 0 radical (unpaired) electrons. The molecule has 0 saturated carbocycles. The number of carbonyl (C=O) groups is 1. The number of alkyl halides is 2. The number of nitrogens with one attached hydrogen (secondary N) is 1. The van der Waals surface area contributed by atoms with E-state index in [1.807, 2.05) is 0 Å². The summed E-state index contributed by atoms with van der Waals surface area (Å²) in [7, 11) is 0. The summed E-state index contributed by atoms with van der Waals surface area (Å²) >= 11 is 0. The molecule has 3 nitrogen and oxygen atoms in total. The lowest BCUT2D eigenvalue weighted by Gasteiger charge is -2.06. The summed E-state index contributed by atoms with van der Waals surface area (Å²) in [5.41, 5.74) is 7.20. The van der Waals surface area contributed by atoms with Crippen LogP contribution >= 0.6 is 0 Å². The Bertz CT molecular complexity index is 366. The summed E-state index contributed by atoms with van der Waals surface area (Å²) < 4.78 is 23.6. The Morgan fingerprint density at radius 2 is 2.20 bits per heavy atom. The largest absolute Gasteiger partial charge is 0.398 e. The molecule has 0 spiro atoms. The third kappa shape index (κ3) is 3.19. The van der Waals surface area contributed by atoms with Gasteiger partial charge in [0.15, 0.2) is 0 Å². The number of aryl methyl sites for hydroxylation is 1. The number of nitrogens with two attached hydrogens (primary N) is 1. The Morgan fingerprint density at radius 3 is 2.73 bits per heavy atom. The Balaban J connectivity index is 2.70. The van der Waals surface area contributed by atoms with Crippen LogP contribution in [0.15, 0.2) is 18.2 Å². The Morgan fingerprint density at radius 1 is 1.53 bits per heavy atom. The lowest BCUT2D eigenvalue weighted by Crippen LogP contribution is -2.28. The first kappa shape index (κ1) is 11.4. The molecule has 1 aromatic rings. The highest BCUT2D eigenvalue weighted by atomic mass is 19.3. The third-order valence-electron chi connectivity index (χ3n) is 1.96. The zero-order chi connectivity index (χ0) is 11.4. The molecular weight excluding hydrogens is 202 g/mol. The van der Waals surface area contributed by atoms with Crippen LogP contribution in [0.4, 0.5) is 14.5 Å². The average molecular weight is 214 g/mol. The number of hydrogen-bond acceptors (Lipinski definition) is 2. The molecule has 0 atom stereocenters. The minimum absolute atomic E-state index is 0.291. The Kier molecular flexibility index (Phi) is 3.60. The highest BCUT2D eigenvalue weighted by Crippen LogP contribution is 2.12. The molecule has 1 rings (SSSR count). The maximum atomic E-state index is 11.8. The molecule has 0 heterocycles. The second-order valence-electron chi connectivity index (χ2n) is 3.17. The molecule has 0 saturated heterocycles. The van der Waals surface area contributed by atoms with Crippen LogP contribution in [0.2, 0.25) is 0 Å². The van der Waals surface area contributed by atoms with Crippen molar-refractivity contribution in [2.45, 2.75) is 13.3 Å². The fourth-order valence-electron chi connectivity index (χ4n) is 1.05. The topological polar surface area (TPSA) is 55.1 Å². The molecule has 3 N–H and O–H groups in total. The standard InChI is InChI=1S/C10H12F2N2O/c1-6-2-3-7(4-8(6)13)10(15)14-5-9(11)12/h2-4,9H,5,13H2,1H3,(H,14,15). The highest BCUT2D eigenvalue weighted by molar-refractivity contribution is 5.95. The van der Waals surface area contributed by atoms with Gasteiger partial charge in [-0.3, -0.25) is 4.79 Å². The second-order valence-corrected chi connectivity index (χ2v) is 3.17.